The molecular formula is C14H23NO3S2. The van der Waals surface area contributed by atoms with E-state index < -0.39 is 10.3 Å². The first-order chi connectivity index (χ1) is 9.05. The summed E-state index contributed by atoms with van der Waals surface area (Å²) in [7, 11) is 0. The highest BCUT2D eigenvalue weighted by atomic mass is 32.2. The number of rotatable bonds is 5. The van der Waals surface area contributed by atoms with E-state index in [4.69, 9.17) is 9.84 Å². The zero-order valence-electron chi connectivity index (χ0n) is 12.9. The molecule has 0 fully saturated rings. The Morgan fingerprint density at radius 2 is 1.95 bits per heavy atom. The molecule has 1 aromatic heterocycles. The molecule has 1 aromatic rings. The Labute approximate surface area is 128 Å². The van der Waals surface area contributed by atoms with Crippen LogP contribution in [-0.2, 0) is 16.0 Å². The van der Waals surface area contributed by atoms with Gasteiger partial charge >= 0.3 is 5.97 Å². The van der Waals surface area contributed by atoms with Crippen molar-refractivity contribution in [2.24, 2.45) is 0 Å². The molecule has 114 valence electrons. The molecule has 0 aromatic carbocycles. The van der Waals surface area contributed by atoms with Crippen LogP contribution in [0.25, 0.3) is 0 Å². The molecule has 0 aliphatic heterocycles. The van der Waals surface area contributed by atoms with E-state index in [-0.39, 0.29) is 12.6 Å². The van der Waals surface area contributed by atoms with E-state index in [2.05, 4.69) is 4.98 Å². The summed E-state index contributed by atoms with van der Waals surface area (Å²) in [5, 5.41) is 9.00. The average molecular weight is 317 g/mol. The maximum absolute atomic E-state index is 12.2. The molecule has 0 bridgehead atoms. The van der Waals surface area contributed by atoms with Crippen LogP contribution in [0.1, 0.15) is 45.2 Å². The summed E-state index contributed by atoms with van der Waals surface area (Å²) in [6.07, 6.45) is 0.608. The Hall–Kier alpha value is -0.590. The summed E-state index contributed by atoms with van der Waals surface area (Å²) in [6.45, 7) is 11.3. The lowest BCUT2D eigenvalue weighted by atomic mass is 10.1. The van der Waals surface area contributed by atoms with Crippen LogP contribution in [0.4, 0.5) is 0 Å². The summed E-state index contributed by atoms with van der Waals surface area (Å²) in [6, 6.07) is 0. The third kappa shape index (κ3) is 5.07. The van der Waals surface area contributed by atoms with Crippen molar-refractivity contribution >= 4 is 29.1 Å². The minimum atomic E-state index is -0.686. The van der Waals surface area contributed by atoms with Gasteiger partial charge in [0.05, 0.1) is 5.69 Å². The molecule has 0 aliphatic carbocycles. The van der Waals surface area contributed by atoms with Crippen molar-refractivity contribution in [2.75, 3.05) is 6.61 Å². The molecular weight excluding hydrogens is 294 g/mol. The summed E-state index contributed by atoms with van der Waals surface area (Å²) in [5.41, 5.74) is 0.432. The fourth-order valence-electron chi connectivity index (χ4n) is 1.44. The maximum Gasteiger partial charge on any atom is 0.322 e. The Morgan fingerprint density at radius 1 is 1.35 bits per heavy atom. The number of hydrogen-bond acceptors (Lipinski definition) is 6. The minimum Gasteiger partial charge on any atom is -0.459 e. The highest BCUT2D eigenvalue weighted by Crippen LogP contribution is 2.37. The summed E-state index contributed by atoms with van der Waals surface area (Å²) in [4.78, 5) is 17.7. The van der Waals surface area contributed by atoms with Gasteiger partial charge in [0.1, 0.15) is 10.3 Å². The second-order valence-electron chi connectivity index (χ2n) is 6.08. The van der Waals surface area contributed by atoms with Gasteiger partial charge in [-0.25, -0.2) is 4.98 Å². The number of ether oxygens (including phenoxy) is 1. The molecule has 20 heavy (non-hydrogen) atoms. The van der Waals surface area contributed by atoms with Gasteiger partial charge in [-0.1, -0.05) is 11.8 Å². The van der Waals surface area contributed by atoms with E-state index in [0.717, 1.165) is 14.9 Å². The van der Waals surface area contributed by atoms with Crippen LogP contribution >= 0.6 is 23.1 Å². The number of esters is 1. The minimum absolute atomic E-state index is 0.114. The van der Waals surface area contributed by atoms with Gasteiger partial charge < -0.3 is 9.84 Å². The van der Waals surface area contributed by atoms with Crippen molar-refractivity contribution in [3.8, 4) is 0 Å². The van der Waals surface area contributed by atoms with Crippen molar-refractivity contribution in [2.45, 2.75) is 62.7 Å². The molecule has 1 N–H and O–H groups in total. The van der Waals surface area contributed by atoms with Gasteiger partial charge in [-0.2, -0.15) is 0 Å². The van der Waals surface area contributed by atoms with Gasteiger partial charge in [0, 0.05) is 17.9 Å². The van der Waals surface area contributed by atoms with Crippen molar-refractivity contribution in [3.63, 3.8) is 0 Å². The average Bonchev–Trinajstić information content (AvgIpc) is 2.56. The molecule has 0 spiro atoms. The zero-order valence-corrected chi connectivity index (χ0v) is 14.6. The van der Waals surface area contributed by atoms with Crippen molar-refractivity contribution in [3.05, 3.63) is 10.6 Å². The van der Waals surface area contributed by atoms with E-state index in [1.165, 1.54) is 23.1 Å². The van der Waals surface area contributed by atoms with Gasteiger partial charge in [0.15, 0.2) is 4.34 Å². The SMILES string of the molecule is Cc1nc(SC(C)(C)C(=O)OC(C)(C)C)sc1CCO. The number of hydrogen-bond donors (Lipinski definition) is 1. The first-order valence-corrected chi connectivity index (χ1v) is 8.18. The number of thiazole rings is 1. The first-order valence-electron chi connectivity index (χ1n) is 6.55. The molecule has 0 atom stereocenters. The molecule has 4 nitrogen and oxygen atoms in total. The monoisotopic (exact) mass is 317 g/mol. The van der Waals surface area contributed by atoms with Crippen LogP contribution < -0.4 is 0 Å². The molecule has 1 rings (SSSR count). The fraction of sp³-hybridized carbons (Fsp3) is 0.714. The normalized spacial score (nSPS) is 12.6. The number of thioether (sulfide) groups is 1. The quantitative estimate of drug-likeness (QED) is 0.667. The van der Waals surface area contributed by atoms with Crippen LogP contribution in [0.5, 0.6) is 0 Å². The molecule has 0 aliphatic rings. The lowest BCUT2D eigenvalue weighted by Gasteiger charge is -2.27. The Balaban J connectivity index is 2.80. The van der Waals surface area contributed by atoms with Gasteiger partial charge in [-0.3, -0.25) is 4.79 Å². The molecule has 6 heteroatoms. The summed E-state index contributed by atoms with van der Waals surface area (Å²) in [5.74, 6) is -0.244. The maximum atomic E-state index is 12.2. The standard InChI is InChI=1S/C14H23NO3S2/c1-9-10(7-8-16)19-12(15-9)20-14(5,6)11(17)18-13(2,3)4/h16H,7-8H2,1-6H3. The fourth-order valence-corrected chi connectivity index (χ4v) is 4.06. The van der Waals surface area contributed by atoms with Crippen molar-refractivity contribution in [1.82, 2.24) is 4.98 Å². The molecule has 0 amide bonds. The number of carbonyl (C=O) groups is 1. The number of carbonyl (C=O) groups excluding carboxylic acids is 1. The van der Waals surface area contributed by atoms with E-state index in [1.54, 1.807) is 0 Å². The third-order valence-corrected chi connectivity index (χ3v) is 4.90. The summed E-state index contributed by atoms with van der Waals surface area (Å²) < 4.78 is 5.58. The van der Waals surface area contributed by atoms with Gasteiger partial charge in [-0.15, -0.1) is 11.3 Å². The molecule has 0 saturated heterocycles. The number of aliphatic hydroxyl groups is 1. The molecule has 0 saturated carbocycles. The summed E-state index contributed by atoms with van der Waals surface area (Å²) >= 11 is 2.94. The second kappa shape index (κ2) is 6.45. The van der Waals surface area contributed by atoms with Crippen LogP contribution in [0.15, 0.2) is 4.34 Å². The van der Waals surface area contributed by atoms with E-state index in [1.807, 2.05) is 41.5 Å². The smallest absolute Gasteiger partial charge is 0.322 e. The first kappa shape index (κ1) is 17.5. The zero-order chi connectivity index (χ0) is 15.6. The largest absolute Gasteiger partial charge is 0.459 e. The van der Waals surface area contributed by atoms with Crippen molar-refractivity contribution in [1.29, 1.82) is 0 Å². The van der Waals surface area contributed by atoms with Crippen LogP contribution in [0, 0.1) is 6.92 Å². The lowest BCUT2D eigenvalue weighted by Crippen LogP contribution is -2.36. The predicted molar refractivity (Wildman–Crippen MR) is 83.4 cm³/mol. The highest BCUT2D eigenvalue weighted by molar-refractivity contribution is 8.03. The second-order valence-corrected chi connectivity index (χ2v) is 9.03. The van der Waals surface area contributed by atoms with Gasteiger partial charge in [-0.05, 0) is 41.5 Å². The third-order valence-electron chi connectivity index (χ3n) is 2.44. The molecule has 0 radical (unpaired) electrons. The van der Waals surface area contributed by atoms with Crippen molar-refractivity contribution < 1.29 is 14.6 Å². The number of aryl methyl sites for hydroxylation is 1. The topological polar surface area (TPSA) is 59.4 Å². The molecule has 1 heterocycles. The van der Waals surface area contributed by atoms with Gasteiger partial charge in [0.2, 0.25) is 0 Å². The number of aromatic nitrogens is 1. The highest BCUT2D eigenvalue weighted by Gasteiger charge is 2.34. The van der Waals surface area contributed by atoms with Gasteiger partial charge in [0.25, 0.3) is 0 Å². The van der Waals surface area contributed by atoms with Crippen LogP contribution in [0.2, 0.25) is 0 Å². The lowest BCUT2D eigenvalue weighted by molar-refractivity contribution is -0.156. The van der Waals surface area contributed by atoms with Crippen LogP contribution in [-0.4, -0.2) is 33.0 Å². The Bertz CT molecular complexity index is 475. The van der Waals surface area contributed by atoms with E-state index >= 15 is 0 Å². The Morgan fingerprint density at radius 3 is 2.45 bits per heavy atom. The van der Waals surface area contributed by atoms with Crippen LogP contribution in [0.3, 0.4) is 0 Å². The predicted octanol–water partition coefficient (Wildman–Crippen LogP) is 3.20. The Kier molecular flexibility index (Phi) is 5.63. The van der Waals surface area contributed by atoms with E-state index in [0.29, 0.717) is 6.42 Å². The molecule has 0 unspecified atom stereocenters. The number of nitrogens with zero attached hydrogens (tertiary/aromatic N) is 1. The van der Waals surface area contributed by atoms with E-state index in [9.17, 15) is 4.79 Å². The number of aliphatic hydroxyl groups excluding tert-OH is 1.